The Hall–Kier alpha value is -0.220. The Kier molecular flexibility index (Phi) is 3.01. The van der Waals surface area contributed by atoms with Crippen LogP contribution in [-0.2, 0) is 0 Å². The van der Waals surface area contributed by atoms with E-state index in [1.165, 1.54) is 0 Å². The summed E-state index contributed by atoms with van der Waals surface area (Å²) in [5, 5.41) is 0. The van der Waals surface area contributed by atoms with E-state index < -0.39 is 5.92 Å². The Morgan fingerprint density at radius 2 is 2.25 bits per heavy atom. The molecule has 1 atom stereocenters. The van der Waals surface area contributed by atoms with Crippen molar-refractivity contribution >= 4 is 0 Å². The van der Waals surface area contributed by atoms with Gasteiger partial charge in [0.15, 0.2) is 0 Å². The monoisotopic (exact) mass is 178 g/mol. The molecule has 0 aromatic carbocycles. The summed E-state index contributed by atoms with van der Waals surface area (Å²) in [4.78, 5) is 1.81. The van der Waals surface area contributed by atoms with Gasteiger partial charge < -0.3 is 5.73 Å². The van der Waals surface area contributed by atoms with E-state index in [1.54, 1.807) is 0 Å². The highest BCUT2D eigenvalue weighted by Crippen LogP contribution is 2.24. The molecule has 0 saturated carbocycles. The van der Waals surface area contributed by atoms with Gasteiger partial charge in [-0.25, -0.2) is 8.78 Å². The maximum Gasteiger partial charge on any atom is 0.257 e. The largest absolute Gasteiger partial charge is 0.330 e. The molecule has 0 amide bonds. The van der Waals surface area contributed by atoms with Gasteiger partial charge in [-0.05, 0) is 19.4 Å². The van der Waals surface area contributed by atoms with Crippen molar-refractivity contribution in [3.63, 3.8) is 0 Å². The Morgan fingerprint density at radius 3 is 2.58 bits per heavy atom. The van der Waals surface area contributed by atoms with Crippen molar-refractivity contribution < 1.29 is 8.78 Å². The fraction of sp³-hybridized carbons (Fsp3) is 1.00. The van der Waals surface area contributed by atoms with Gasteiger partial charge in [0, 0.05) is 19.5 Å². The summed E-state index contributed by atoms with van der Waals surface area (Å²) in [6.45, 7) is 2.24. The Balaban J connectivity index is 2.25. The third kappa shape index (κ3) is 2.68. The van der Waals surface area contributed by atoms with Crippen molar-refractivity contribution in [3.8, 4) is 0 Å². The molecular weight excluding hydrogens is 162 g/mol. The maximum atomic E-state index is 12.5. The van der Waals surface area contributed by atoms with Crippen molar-refractivity contribution in [1.29, 1.82) is 0 Å². The van der Waals surface area contributed by atoms with Gasteiger partial charge in [0.25, 0.3) is 5.92 Å². The number of nitrogens with zero attached hydrogens (tertiary/aromatic N) is 1. The minimum Gasteiger partial charge on any atom is -0.330 e. The molecule has 4 heteroatoms. The van der Waals surface area contributed by atoms with E-state index in [-0.39, 0.29) is 6.54 Å². The van der Waals surface area contributed by atoms with Crippen molar-refractivity contribution in [2.75, 3.05) is 19.6 Å². The molecule has 12 heavy (non-hydrogen) atoms. The lowest BCUT2D eigenvalue weighted by atomic mass is 9.99. The average Bonchev–Trinajstić information content (AvgIpc) is 1.92. The summed E-state index contributed by atoms with van der Waals surface area (Å²) in [7, 11) is 0. The minimum absolute atomic E-state index is 0.113. The number of hydrogen-bond donors (Lipinski definition) is 1. The summed E-state index contributed by atoms with van der Waals surface area (Å²) < 4.78 is 25.1. The number of rotatable bonds is 4. The molecule has 1 unspecified atom stereocenters. The molecule has 2 nitrogen and oxygen atoms in total. The lowest BCUT2D eigenvalue weighted by molar-refractivity contribution is -0.0530. The quantitative estimate of drug-likeness (QED) is 0.697. The summed E-state index contributed by atoms with van der Waals surface area (Å²) in [6.07, 6.45) is 1.86. The molecule has 2 N–H and O–H groups in total. The third-order valence-corrected chi connectivity index (χ3v) is 2.25. The van der Waals surface area contributed by atoms with Crippen molar-refractivity contribution in [2.45, 2.75) is 31.7 Å². The van der Waals surface area contributed by atoms with Gasteiger partial charge in [0.2, 0.25) is 0 Å². The third-order valence-electron chi connectivity index (χ3n) is 2.25. The zero-order chi connectivity index (χ0) is 9.19. The molecule has 0 aliphatic carbocycles. The summed E-state index contributed by atoms with van der Waals surface area (Å²) in [5.41, 5.74) is 5.35. The lowest BCUT2D eigenvalue weighted by Crippen LogP contribution is -2.52. The zero-order valence-electron chi connectivity index (χ0n) is 7.39. The lowest BCUT2D eigenvalue weighted by Gasteiger charge is -2.42. The van der Waals surface area contributed by atoms with Crippen LogP contribution in [0.1, 0.15) is 19.8 Å². The second-order valence-corrected chi connectivity index (χ2v) is 3.56. The summed E-state index contributed by atoms with van der Waals surface area (Å²) in [6, 6.07) is 0.306. The van der Waals surface area contributed by atoms with Crippen LogP contribution in [0.25, 0.3) is 0 Å². The standard InChI is InChI=1S/C8H16F2N2/c1-8(9,10)6-12-5-3-7(12)2-4-11/h7H,2-6,11H2,1H3. The number of nitrogens with two attached hydrogens (primary N) is 1. The van der Waals surface area contributed by atoms with Crippen LogP contribution < -0.4 is 5.73 Å². The van der Waals surface area contributed by atoms with Crippen molar-refractivity contribution in [2.24, 2.45) is 5.73 Å². The molecule has 1 heterocycles. The molecule has 1 saturated heterocycles. The first-order valence-electron chi connectivity index (χ1n) is 4.35. The Labute approximate surface area is 71.7 Å². The van der Waals surface area contributed by atoms with Crippen LogP contribution in [0.15, 0.2) is 0 Å². The van der Waals surface area contributed by atoms with E-state index in [4.69, 9.17) is 5.73 Å². The molecule has 1 rings (SSSR count). The number of hydrogen-bond acceptors (Lipinski definition) is 2. The van der Waals surface area contributed by atoms with Gasteiger partial charge >= 0.3 is 0 Å². The molecule has 0 aromatic heterocycles. The van der Waals surface area contributed by atoms with Crippen LogP contribution in [0, 0.1) is 0 Å². The van der Waals surface area contributed by atoms with Crippen LogP contribution in [-0.4, -0.2) is 36.5 Å². The van der Waals surface area contributed by atoms with Crippen LogP contribution in [0.4, 0.5) is 8.78 Å². The fourth-order valence-electron chi connectivity index (χ4n) is 1.58. The first-order valence-corrected chi connectivity index (χ1v) is 4.35. The number of halogens is 2. The Morgan fingerprint density at radius 1 is 1.58 bits per heavy atom. The van der Waals surface area contributed by atoms with E-state index >= 15 is 0 Å². The highest BCUT2D eigenvalue weighted by atomic mass is 19.3. The predicted molar refractivity (Wildman–Crippen MR) is 44.3 cm³/mol. The Bertz CT molecular complexity index is 144. The molecule has 0 spiro atoms. The molecule has 1 fully saturated rings. The zero-order valence-corrected chi connectivity index (χ0v) is 7.39. The maximum absolute atomic E-state index is 12.5. The van der Waals surface area contributed by atoms with Gasteiger partial charge in [0.1, 0.15) is 0 Å². The fourth-order valence-corrected chi connectivity index (χ4v) is 1.58. The van der Waals surface area contributed by atoms with Crippen LogP contribution in [0.3, 0.4) is 0 Å². The van der Waals surface area contributed by atoms with Gasteiger partial charge in [-0.3, -0.25) is 4.90 Å². The van der Waals surface area contributed by atoms with Crippen LogP contribution in [0.5, 0.6) is 0 Å². The molecule has 1 aliphatic rings. The van der Waals surface area contributed by atoms with Crippen LogP contribution >= 0.6 is 0 Å². The number of alkyl halides is 2. The molecule has 0 radical (unpaired) electrons. The van der Waals surface area contributed by atoms with Gasteiger partial charge in [-0.1, -0.05) is 0 Å². The second-order valence-electron chi connectivity index (χ2n) is 3.56. The molecule has 72 valence electrons. The van der Waals surface area contributed by atoms with Crippen molar-refractivity contribution in [3.05, 3.63) is 0 Å². The van der Waals surface area contributed by atoms with Gasteiger partial charge in [0.05, 0.1) is 6.54 Å². The number of likely N-dealkylation sites (tertiary alicyclic amines) is 1. The van der Waals surface area contributed by atoms with E-state index in [1.807, 2.05) is 4.90 Å². The predicted octanol–water partition coefficient (Wildman–Crippen LogP) is 1.06. The van der Waals surface area contributed by atoms with E-state index in [0.717, 1.165) is 26.3 Å². The first kappa shape index (κ1) is 9.86. The second kappa shape index (κ2) is 3.66. The molecule has 0 bridgehead atoms. The van der Waals surface area contributed by atoms with Gasteiger partial charge in [-0.15, -0.1) is 0 Å². The SMILES string of the molecule is CC(F)(F)CN1CCC1CCN. The highest BCUT2D eigenvalue weighted by Gasteiger charge is 2.34. The summed E-state index contributed by atoms with van der Waals surface area (Å²) in [5.74, 6) is -2.56. The van der Waals surface area contributed by atoms with Crippen LogP contribution in [0.2, 0.25) is 0 Å². The van der Waals surface area contributed by atoms with E-state index in [2.05, 4.69) is 0 Å². The smallest absolute Gasteiger partial charge is 0.257 e. The minimum atomic E-state index is -2.56. The van der Waals surface area contributed by atoms with E-state index in [0.29, 0.717) is 12.6 Å². The topological polar surface area (TPSA) is 29.3 Å². The average molecular weight is 178 g/mol. The van der Waals surface area contributed by atoms with Gasteiger partial charge in [-0.2, -0.15) is 0 Å². The highest BCUT2D eigenvalue weighted by molar-refractivity contribution is 4.85. The van der Waals surface area contributed by atoms with Crippen molar-refractivity contribution in [1.82, 2.24) is 4.90 Å². The summed E-state index contributed by atoms with van der Waals surface area (Å²) >= 11 is 0. The first-order chi connectivity index (χ1) is 5.53. The molecular formula is C8H16F2N2. The van der Waals surface area contributed by atoms with E-state index in [9.17, 15) is 8.78 Å². The molecule has 0 aromatic rings. The normalized spacial score (nSPS) is 25.5. The molecule has 1 aliphatic heterocycles.